The van der Waals surface area contributed by atoms with E-state index in [0.29, 0.717) is 23.0 Å². The number of pyridine rings is 1. The molecule has 28 heavy (non-hydrogen) atoms. The second-order valence-corrected chi connectivity index (χ2v) is 7.28. The monoisotopic (exact) mass is 407 g/mol. The predicted octanol–water partition coefficient (Wildman–Crippen LogP) is 2.27. The number of nitrogens with one attached hydrogen (secondary N) is 3. The highest BCUT2D eigenvalue weighted by molar-refractivity contribution is 6.31. The van der Waals surface area contributed by atoms with E-state index >= 15 is 0 Å². The lowest BCUT2D eigenvalue weighted by molar-refractivity contribution is -0.384. The van der Waals surface area contributed by atoms with Crippen LogP contribution >= 0.6 is 11.6 Å². The number of anilines is 2. The lowest BCUT2D eigenvalue weighted by atomic mass is 9.86. The summed E-state index contributed by atoms with van der Waals surface area (Å²) in [4.78, 5) is 32.9. The quantitative estimate of drug-likeness (QED) is 0.402. The Bertz CT molecular complexity index is 897. The van der Waals surface area contributed by atoms with Gasteiger partial charge in [-0.15, -0.1) is 0 Å². The number of aromatic amines is 1. The van der Waals surface area contributed by atoms with E-state index in [1.807, 2.05) is 0 Å². The molecule has 0 aromatic carbocycles. The molecule has 150 valence electrons. The summed E-state index contributed by atoms with van der Waals surface area (Å²) in [6.45, 7) is 0.796. The van der Waals surface area contributed by atoms with Crippen LogP contribution in [0.15, 0.2) is 23.3 Å². The van der Waals surface area contributed by atoms with Gasteiger partial charge in [0, 0.05) is 31.4 Å². The molecule has 3 rings (SSSR count). The third kappa shape index (κ3) is 5.17. The summed E-state index contributed by atoms with van der Waals surface area (Å²) in [6.07, 6.45) is 6.46. The van der Waals surface area contributed by atoms with Crippen LogP contribution in [-0.4, -0.2) is 32.5 Å². The fourth-order valence-corrected chi connectivity index (χ4v) is 3.34. The van der Waals surface area contributed by atoms with Gasteiger partial charge in [0.2, 0.25) is 17.3 Å². The predicted molar refractivity (Wildman–Crippen MR) is 107 cm³/mol. The average molecular weight is 408 g/mol. The van der Waals surface area contributed by atoms with Crippen molar-refractivity contribution in [2.45, 2.75) is 38.3 Å². The van der Waals surface area contributed by atoms with Gasteiger partial charge < -0.3 is 21.4 Å². The van der Waals surface area contributed by atoms with Gasteiger partial charge in [0.05, 0.1) is 9.95 Å². The van der Waals surface area contributed by atoms with Crippen LogP contribution in [0.4, 0.5) is 17.5 Å². The minimum absolute atomic E-state index is 0.161. The van der Waals surface area contributed by atoms with Crippen LogP contribution < -0.4 is 21.9 Å². The van der Waals surface area contributed by atoms with E-state index < -0.39 is 4.92 Å². The Hall–Kier alpha value is -2.72. The van der Waals surface area contributed by atoms with Crippen molar-refractivity contribution in [1.29, 1.82) is 0 Å². The van der Waals surface area contributed by atoms with Crippen LogP contribution in [0.5, 0.6) is 0 Å². The molecule has 2 aromatic rings. The summed E-state index contributed by atoms with van der Waals surface area (Å²) in [7, 11) is 0. The molecule has 0 spiro atoms. The Morgan fingerprint density at radius 2 is 2.07 bits per heavy atom. The number of aromatic nitrogens is 3. The van der Waals surface area contributed by atoms with Crippen LogP contribution in [0.25, 0.3) is 0 Å². The number of hydrogen-bond acceptors (Lipinski definition) is 8. The minimum Gasteiger partial charge on any atom is -0.364 e. The van der Waals surface area contributed by atoms with Gasteiger partial charge in [0.25, 0.3) is 0 Å². The SMILES string of the molecule is N[C@H]1CC[C@H](CNc2nc(NCc3cc(=O)[nH]cc3Cl)ncc2[N+](=O)[O-])CC1. The van der Waals surface area contributed by atoms with E-state index in [9.17, 15) is 14.9 Å². The number of hydrogen-bond donors (Lipinski definition) is 4. The number of nitrogens with zero attached hydrogens (tertiary/aromatic N) is 3. The number of nitrogens with two attached hydrogens (primary N) is 1. The van der Waals surface area contributed by atoms with Crippen molar-refractivity contribution in [3.8, 4) is 0 Å². The van der Waals surface area contributed by atoms with Gasteiger partial charge >= 0.3 is 5.69 Å². The summed E-state index contributed by atoms with van der Waals surface area (Å²) in [6, 6.07) is 1.62. The maximum atomic E-state index is 11.4. The van der Waals surface area contributed by atoms with Gasteiger partial charge in [-0.1, -0.05) is 11.6 Å². The molecular formula is C17H22ClN7O3. The first-order chi connectivity index (χ1) is 13.4. The molecule has 0 atom stereocenters. The Balaban J connectivity index is 1.69. The van der Waals surface area contributed by atoms with E-state index in [2.05, 4.69) is 25.6 Å². The third-order valence-corrected chi connectivity index (χ3v) is 5.16. The lowest BCUT2D eigenvalue weighted by Gasteiger charge is -2.26. The summed E-state index contributed by atoms with van der Waals surface area (Å²) in [5, 5.41) is 17.7. The van der Waals surface area contributed by atoms with Crippen LogP contribution in [-0.2, 0) is 6.54 Å². The standard InChI is InChI=1S/C17H22ClN7O3/c18-13-8-20-15(26)5-11(13)7-22-17-23-9-14(25(27)28)16(24-17)21-6-10-1-3-12(19)4-2-10/h5,8-10,12H,1-4,6-7,19H2,(H,20,26)(H2,21,22,23,24)/t10-,12-. The molecule has 0 bridgehead atoms. The molecule has 0 amide bonds. The van der Waals surface area contributed by atoms with Crippen LogP contribution in [0.3, 0.4) is 0 Å². The summed E-state index contributed by atoms with van der Waals surface area (Å²) < 4.78 is 0. The van der Waals surface area contributed by atoms with Gasteiger partial charge in [0.15, 0.2) is 0 Å². The van der Waals surface area contributed by atoms with E-state index in [0.717, 1.165) is 31.9 Å². The number of nitro groups is 1. The summed E-state index contributed by atoms with van der Waals surface area (Å²) in [5.74, 6) is 0.769. The Morgan fingerprint density at radius 1 is 1.32 bits per heavy atom. The van der Waals surface area contributed by atoms with E-state index in [1.54, 1.807) is 0 Å². The minimum atomic E-state index is -0.517. The second-order valence-electron chi connectivity index (χ2n) is 6.87. The smallest absolute Gasteiger partial charge is 0.329 e. The average Bonchev–Trinajstić information content (AvgIpc) is 2.68. The van der Waals surface area contributed by atoms with E-state index in [-0.39, 0.29) is 35.6 Å². The van der Waals surface area contributed by atoms with Crippen LogP contribution in [0.1, 0.15) is 31.2 Å². The number of rotatable bonds is 7. The van der Waals surface area contributed by atoms with Gasteiger partial charge in [-0.05, 0) is 37.2 Å². The molecule has 0 unspecified atom stereocenters. The van der Waals surface area contributed by atoms with Gasteiger partial charge in [0.1, 0.15) is 6.20 Å². The molecule has 2 heterocycles. The molecule has 2 aromatic heterocycles. The van der Waals surface area contributed by atoms with Crippen LogP contribution in [0.2, 0.25) is 5.02 Å². The Morgan fingerprint density at radius 3 is 2.79 bits per heavy atom. The van der Waals surface area contributed by atoms with E-state index in [1.165, 1.54) is 12.3 Å². The molecule has 0 radical (unpaired) electrons. The maximum Gasteiger partial charge on any atom is 0.329 e. The molecule has 0 aliphatic heterocycles. The molecule has 1 aliphatic rings. The molecule has 1 saturated carbocycles. The first-order valence-electron chi connectivity index (χ1n) is 9.04. The van der Waals surface area contributed by atoms with Crippen molar-refractivity contribution in [2.75, 3.05) is 17.2 Å². The van der Waals surface area contributed by atoms with Crippen molar-refractivity contribution in [3.63, 3.8) is 0 Å². The lowest BCUT2D eigenvalue weighted by Crippen LogP contribution is -2.29. The highest BCUT2D eigenvalue weighted by Crippen LogP contribution is 2.26. The second kappa shape index (κ2) is 8.98. The normalized spacial score (nSPS) is 19.2. The fraction of sp³-hybridized carbons (Fsp3) is 0.471. The molecular weight excluding hydrogens is 386 g/mol. The highest BCUT2D eigenvalue weighted by Gasteiger charge is 2.21. The first kappa shape index (κ1) is 20.0. The molecule has 10 nitrogen and oxygen atoms in total. The highest BCUT2D eigenvalue weighted by atomic mass is 35.5. The number of halogens is 1. The van der Waals surface area contributed by atoms with Gasteiger partial charge in [-0.2, -0.15) is 4.98 Å². The van der Waals surface area contributed by atoms with Crippen molar-refractivity contribution in [3.05, 3.63) is 49.5 Å². The van der Waals surface area contributed by atoms with Crippen molar-refractivity contribution in [2.24, 2.45) is 11.7 Å². The first-order valence-corrected chi connectivity index (χ1v) is 9.42. The van der Waals surface area contributed by atoms with Gasteiger partial charge in [-0.25, -0.2) is 4.98 Å². The largest absolute Gasteiger partial charge is 0.364 e. The summed E-state index contributed by atoms with van der Waals surface area (Å²) >= 11 is 6.04. The van der Waals surface area contributed by atoms with Crippen molar-refractivity contribution >= 4 is 29.1 Å². The molecule has 1 fully saturated rings. The summed E-state index contributed by atoms with van der Waals surface area (Å²) in [5.41, 5.74) is 6.02. The molecule has 5 N–H and O–H groups in total. The Labute approximate surface area is 166 Å². The Kier molecular flexibility index (Phi) is 6.42. The molecule has 11 heteroatoms. The van der Waals surface area contributed by atoms with Crippen molar-refractivity contribution < 1.29 is 4.92 Å². The third-order valence-electron chi connectivity index (χ3n) is 4.81. The zero-order valence-corrected chi connectivity index (χ0v) is 15.9. The molecule has 0 saturated heterocycles. The fourth-order valence-electron chi connectivity index (χ4n) is 3.16. The van der Waals surface area contributed by atoms with Crippen molar-refractivity contribution in [1.82, 2.24) is 15.0 Å². The maximum absolute atomic E-state index is 11.4. The van der Waals surface area contributed by atoms with E-state index in [4.69, 9.17) is 17.3 Å². The topological polar surface area (TPSA) is 152 Å². The van der Waals surface area contributed by atoms with Crippen LogP contribution in [0, 0.1) is 16.0 Å². The zero-order chi connectivity index (χ0) is 20.1. The zero-order valence-electron chi connectivity index (χ0n) is 15.2. The molecule has 1 aliphatic carbocycles. The number of H-pyrrole nitrogens is 1. The van der Waals surface area contributed by atoms with Gasteiger partial charge in [-0.3, -0.25) is 14.9 Å².